The highest BCUT2D eigenvalue weighted by molar-refractivity contribution is 5.80. The molecule has 0 spiro atoms. The molecule has 0 saturated carbocycles. The molecule has 0 atom stereocenters. The summed E-state index contributed by atoms with van der Waals surface area (Å²) in [6, 6.07) is 0.808. The zero-order valence-corrected chi connectivity index (χ0v) is 7.42. The van der Waals surface area contributed by atoms with Gasteiger partial charge in [0, 0.05) is 6.07 Å². The van der Waals surface area contributed by atoms with Gasteiger partial charge in [-0.1, -0.05) is 0 Å². The highest BCUT2D eigenvalue weighted by Crippen LogP contribution is 2.38. The first-order valence-corrected chi connectivity index (χ1v) is 3.78. The number of hydrogen-bond acceptors (Lipinski definition) is 3. The maximum absolute atomic E-state index is 12.9. The molecule has 1 aromatic carbocycles. The number of halogens is 4. The van der Waals surface area contributed by atoms with Crippen LogP contribution in [0, 0.1) is 15.9 Å². The van der Waals surface area contributed by atoms with Crippen molar-refractivity contribution >= 4 is 12.0 Å². The van der Waals surface area contributed by atoms with Crippen molar-refractivity contribution in [1.29, 1.82) is 0 Å². The molecule has 0 aliphatic heterocycles. The molecule has 0 unspecified atom stereocenters. The van der Waals surface area contributed by atoms with Crippen LogP contribution in [0.5, 0.6) is 0 Å². The van der Waals surface area contributed by atoms with Gasteiger partial charge in [0.15, 0.2) is 6.29 Å². The normalized spacial score (nSPS) is 11.2. The van der Waals surface area contributed by atoms with Crippen LogP contribution < -0.4 is 0 Å². The first kappa shape index (κ1) is 12.1. The number of alkyl halides is 3. The SMILES string of the molecule is O=Cc1c(F)ccc([N+](=O)[O-])c1C(F)(F)F. The van der Waals surface area contributed by atoms with Gasteiger partial charge in [-0.15, -0.1) is 0 Å². The van der Waals surface area contributed by atoms with E-state index in [0.717, 1.165) is 0 Å². The Kier molecular flexibility index (Phi) is 2.92. The fraction of sp³-hybridized carbons (Fsp3) is 0.125. The highest BCUT2D eigenvalue weighted by Gasteiger charge is 2.42. The molecule has 16 heavy (non-hydrogen) atoms. The Hall–Kier alpha value is -1.99. The van der Waals surface area contributed by atoms with Gasteiger partial charge in [0.2, 0.25) is 0 Å². The van der Waals surface area contributed by atoms with Crippen LogP contribution in [0.3, 0.4) is 0 Å². The third kappa shape index (κ3) is 2.00. The van der Waals surface area contributed by atoms with Gasteiger partial charge in [-0.3, -0.25) is 14.9 Å². The van der Waals surface area contributed by atoms with Gasteiger partial charge < -0.3 is 0 Å². The predicted octanol–water partition coefficient (Wildman–Crippen LogP) is 2.57. The van der Waals surface area contributed by atoms with Crippen molar-refractivity contribution in [2.75, 3.05) is 0 Å². The smallest absolute Gasteiger partial charge is 0.298 e. The lowest BCUT2D eigenvalue weighted by molar-refractivity contribution is -0.388. The van der Waals surface area contributed by atoms with E-state index in [1.165, 1.54) is 0 Å². The quantitative estimate of drug-likeness (QED) is 0.343. The number of nitro groups is 1. The summed E-state index contributed by atoms with van der Waals surface area (Å²) in [6.07, 6.45) is -5.56. The number of benzene rings is 1. The van der Waals surface area contributed by atoms with Crippen molar-refractivity contribution in [3.8, 4) is 0 Å². The Morgan fingerprint density at radius 1 is 1.31 bits per heavy atom. The van der Waals surface area contributed by atoms with Crippen LogP contribution in [-0.4, -0.2) is 11.2 Å². The van der Waals surface area contributed by atoms with E-state index in [9.17, 15) is 32.5 Å². The molecule has 0 radical (unpaired) electrons. The van der Waals surface area contributed by atoms with Crippen molar-refractivity contribution in [1.82, 2.24) is 0 Å². The van der Waals surface area contributed by atoms with E-state index < -0.39 is 40.0 Å². The summed E-state index contributed by atoms with van der Waals surface area (Å²) in [5.74, 6) is -1.45. The van der Waals surface area contributed by atoms with Crippen LogP contribution in [0.4, 0.5) is 23.2 Å². The number of carbonyl (C=O) groups is 1. The summed E-state index contributed by atoms with van der Waals surface area (Å²) in [7, 11) is 0. The molecule has 0 saturated heterocycles. The van der Waals surface area contributed by atoms with Crippen LogP contribution in [0.15, 0.2) is 12.1 Å². The fourth-order valence-electron chi connectivity index (χ4n) is 1.15. The topological polar surface area (TPSA) is 60.2 Å². The van der Waals surface area contributed by atoms with Gasteiger partial charge in [0.05, 0.1) is 10.5 Å². The lowest BCUT2D eigenvalue weighted by Crippen LogP contribution is -2.13. The molecule has 0 fully saturated rings. The van der Waals surface area contributed by atoms with Crippen LogP contribution in [0.1, 0.15) is 15.9 Å². The summed E-state index contributed by atoms with van der Waals surface area (Å²) in [5.41, 5.74) is -4.58. The molecule has 0 aliphatic carbocycles. The second-order valence-electron chi connectivity index (χ2n) is 2.73. The molecule has 4 nitrogen and oxygen atoms in total. The maximum atomic E-state index is 12.9. The van der Waals surface area contributed by atoms with Gasteiger partial charge in [-0.2, -0.15) is 13.2 Å². The number of hydrogen-bond donors (Lipinski definition) is 0. The minimum atomic E-state index is -5.17. The Morgan fingerprint density at radius 3 is 2.25 bits per heavy atom. The minimum absolute atomic E-state index is 0.366. The minimum Gasteiger partial charge on any atom is -0.298 e. The van der Waals surface area contributed by atoms with E-state index in [0.29, 0.717) is 12.1 Å². The monoisotopic (exact) mass is 237 g/mol. The predicted molar refractivity (Wildman–Crippen MR) is 43.4 cm³/mol. The summed E-state index contributed by atoms with van der Waals surface area (Å²) < 4.78 is 50.1. The van der Waals surface area contributed by atoms with Gasteiger partial charge in [0.25, 0.3) is 5.69 Å². The lowest BCUT2D eigenvalue weighted by atomic mass is 10.1. The molecular formula is C8H3F4NO3. The Morgan fingerprint density at radius 2 is 1.88 bits per heavy atom. The highest BCUT2D eigenvalue weighted by atomic mass is 19.4. The third-order valence-corrected chi connectivity index (χ3v) is 1.77. The van der Waals surface area contributed by atoms with E-state index in [4.69, 9.17) is 0 Å². The molecule has 0 aromatic heterocycles. The summed E-state index contributed by atoms with van der Waals surface area (Å²) >= 11 is 0. The Balaban J connectivity index is 3.67. The molecular weight excluding hydrogens is 234 g/mol. The molecule has 0 N–H and O–H groups in total. The van der Waals surface area contributed by atoms with E-state index in [1.807, 2.05) is 0 Å². The third-order valence-electron chi connectivity index (χ3n) is 1.77. The van der Waals surface area contributed by atoms with Crippen molar-refractivity contribution in [3.05, 3.63) is 39.2 Å². The molecule has 1 aromatic rings. The van der Waals surface area contributed by atoms with Crippen LogP contribution >= 0.6 is 0 Å². The van der Waals surface area contributed by atoms with E-state index in [1.54, 1.807) is 0 Å². The van der Waals surface area contributed by atoms with E-state index in [2.05, 4.69) is 0 Å². The molecule has 0 heterocycles. The Bertz CT molecular complexity index is 455. The van der Waals surface area contributed by atoms with Crippen molar-refractivity contribution in [3.63, 3.8) is 0 Å². The largest absolute Gasteiger partial charge is 0.423 e. The first-order chi connectivity index (χ1) is 7.29. The molecule has 0 bridgehead atoms. The Labute approximate surface area is 85.6 Å². The standard InChI is InChI=1S/C8H3F4NO3/c9-5-1-2-6(13(15)16)7(4(5)3-14)8(10,11)12/h1-3H. The number of nitro benzene ring substituents is 1. The number of rotatable bonds is 2. The zero-order chi connectivity index (χ0) is 12.5. The van der Waals surface area contributed by atoms with Crippen molar-refractivity contribution in [2.24, 2.45) is 0 Å². The van der Waals surface area contributed by atoms with Gasteiger partial charge in [-0.25, -0.2) is 4.39 Å². The van der Waals surface area contributed by atoms with Gasteiger partial charge >= 0.3 is 6.18 Å². The average Bonchev–Trinajstić information content (AvgIpc) is 2.15. The van der Waals surface area contributed by atoms with Gasteiger partial charge in [0.1, 0.15) is 11.4 Å². The van der Waals surface area contributed by atoms with Crippen LogP contribution in [0.25, 0.3) is 0 Å². The second kappa shape index (κ2) is 3.87. The maximum Gasteiger partial charge on any atom is 0.423 e. The van der Waals surface area contributed by atoms with E-state index >= 15 is 0 Å². The summed E-state index contributed by atoms with van der Waals surface area (Å²) in [4.78, 5) is 19.3. The molecule has 0 amide bonds. The van der Waals surface area contributed by atoms with E-state index in [-0.39, 0.29) is 0 Å². The molecule has 1 rings (SSSR count). The lowest BCUT2D eigenvalue weighted by Gasteiger charge is -2.09. The number of aldehydes is 1. The molecule has 86 valence electrons. The van der Waals surface area contributed by atoms with Gasteiger partial charge in [-0.05, 0) is 6.07 Å². The first-order valence-electron chi connectivity index (χ1n) is 3.78. The number of carbonyl (C=O) groups excluding carboxylic acids is 1. The number of nitrogens with zero attached hydrogens (tertiary/aromatic N) is 1. The summed E-state index contributed by atoms with van der Waals surface area (Å²) in [5, 5.41) is 10.3. The zero-order valence-electron chi connectivity index (χ0n) is 7.42. The van der Waals surface area contributed by atoms with Crippen molar-refractivity contribution in [2.45, 2.75) is 6.18 Å². The van der Waals surface area contributed by atoms with Crippen LogP contribution in [-0.2, 0) is 6.18 Å². The second-order valence-corrected chi connectivity index (χ2v) is 2.73. The average molecular weight is 237 g/mol. The molecule has 8 heteroatoms. The molecule has 0 aliphatic rings. The van der Waals surface area contributed by atoms with Crippen LogP contribution in [0.2, 0.25) is 0 Å². The van der Waals surface area contributed by atoms with Crippen molar-refractivity contribution < 1.29 is 27.3 Å². The fourth-order valence-corrected chi connectivity index (χ4v) is 1.15. The summed E-state index contributed by atoms with van der Waals surface area (Å²) in [6.45, 7) is 0.